The number of rotatable bonds is 2. The predicted molar refractivity (Wildman–Crippen MR) is 82.8 cm³/mol. The van der Waals surface area contributed by atoms with Crippen LogP contribution in [0, 0.1) is 0 Å². The molecule has 0 aliphatic carbocycles. The molecule has 0 spiro atoms. The van der Waals surface area contributed by atoms with Gasteiger partial charge in [0.15, 0.2) is 5.65 Å². The highest BCUT2D eigenvalue weighted by Gasteiger charge is 2.17. The third-order valence-electron chi connectivity index (χ3n) is 3.50. The Morgan fingerprint density at radius 3 is 2.68 bits per heavy atom. The normalized spacial score (nSPS) is 11.8. The van der Waals surface area contributed by atoms with Crippen LogP contribution in [0.3, 0.4) is 0 Å². The zero-order valence-electron chi connectivity index (χ0n) is 12.6. The number of nitrogens with one attached hydrogen (secondary N) is 1. The second-order valence-electron chi connectivity index (χ2n) is 6.14. The summed E-state index contributed by atoms with van der Waals surface area (Å²) in [7, 11) is 0. The summed E-state index contributed by atoms with van der Waals surface area (Å²) in [4.78, 5) is 27.0. The van der Waals surface area contributed by atoms with Crippen LogP contribution in [0.1, 0.15) is 36.7 Å². The van der Waals surface area contributed by atoms with Crippen molar-refractivity contribution in [2.75, 3.05) is 0 Å². The summed E-state index contributed by atoms with van der Waals surface area (Å²) in [5.41, 5.74) is 3.26. The van der Waals surface area contributed by atoms with Crippen molar-refractivity contribution in [1.29, 1.82) is 0 Å². The molecule has 0 aromatic carbocycles. The van der Waals surface area contributed by atoms with Crippen molar-refractivity contribution in [3.05, 3.63) is 41.9 Å². The number of aromatic nitrogens is 4. The van der Waals surface area contributed by atoms with Gasteiger partial charge in [-0.25, -0.2) is 14.8 Å². The van der Waals surface area contributed by atoms with Crippen LogP contribution in [0.15, 0.2) is 30.7 Å². The molecule has 0 radical (unpaired) electrons. The molecule has 0 fully saturated rings. The second kappa shape index (κ2) is 4.91. The smallest absolute Gasteiger partial charge is 0.339 e. The first-order valence-corrected chi connectivity index (χ1v) is 6.90. The minimum absolute atomic E-state index is 0.00444. The summed E-state index contributed by atoms with van der Waals surface area (Å²) >= 11 is 0. The van der Waals surface area contributed by atoms with Crippen LogP contribution in [0.5, 0.6) is 0 Å². The molecule has 3 rings (SSSR count). The van der Waals surface area contributed by atoms with Gasteiger partial charge in [-0.3, -0.25) is 4.98 Å². The average molecular weight is 296 g/mol. The molecule has 0 aliphatic rings. The van der Waals surface area contributed by atoms with E-state index in [1.165, 1.54) is 6.20 Å². The zero-order chi connectivity index (χ0) is 15.9. The van der Waals surface area contributed by atoms with Crippen molar-refractivity contribution < 1.29 is 9.90 Å². The van der Waals surface area contributed by atoms with Crippen LogP contribution in [0.2, 0.25) is 0 Å². The van der Waals surface area contributed by atoms with Crippen LogP contribution in [0.25, 0.3) is 22.6 Å². The lowest BCUT2D eigenvalue weighted by Gasteiger charge is -2.19. The van der Waals surface area contributed by atoms with E-state index in [9.17, 15) is 9.90 Å². The molecule has 0 saturated heterocycles. The maximum absolute atomic E-state index is 11.2. The van der Waals surface area contributed by atoms with E-state index in [1.54, 1.807) is 12.4 Å². The zero-order valence-corrected chi connectivity index (χ0v) is 12.6. The SMILES string of the molecule is CC(C)(C)c1ccnc(-c2cnc3[nH]cc(C(=O)O)c3n2)c1. The first kappa shape index (κ1) is 14.2. The first-order chi connectivity index (χ1) is 10.4. The van der Waals surface area contributed by atoms with E-state index in [4.69, 9.17) is 0 Å². The van der Waals surface area contributed by atoms with Crippen molar-refractivity contribution in [2.24, 2.45) is 0 Å². The van der Waals surface area contributed by atoms with Gasteiger partial charge in [-0.1, -0.05) is 20.8 Å². The van der Waals surface area contributed by atoms with E-state index in [1.807, 2.05) is 12.1 Å². The molecule has 6 heteroatoms. The standard InChI is InChI=1S/C16H16N4O2/c1-16(2,3)9-4-5-17-11(6-9)12-8-19-14-13(20-12)10(7-18-14)15(21)22/h4-8H,1-3H3,(H,18,19)(H,21,22). The molecule has 0 saturated carbocycles. The number of carboxylic acids is 1. The minimum Gasteiger partial charge on any atom is -0.478 e. The number of pyridine rings is 1. The van der Waals surface area contributed by atoms with E-state index >= 15 is 0 Å². The Hall–Kier alpha value is -2.76. The molecule has 112 valence electrons. The summed E-state index contributed by atoms with van der Waals surface area (Å²) < 4.78 is 0. The maximum atomic E-state index is 11.2. The summed E-state index contributed by atoms with van der Waals surface area (Å²) in [6.45, 7) is 6.36. The highest BCUT2D eigenvalue weighted by molar-refractivity contribution is 6.00. The number of H-pyrrole nitrogens is 1. The largest absolute Gasteiger partial charge is 0.478 e. The molecular weight excluding hydrogens is 280 g/mol. The summed E-state index contributed by atoms with van der Waals surface area (Å²) in [5.74, 6) is -1.03. The van der Waals surface area contributed by atoms with Crippen LogP contribution in [-0.4, -0.2) is 31.0 Å². The van der Waals surface area contributed by atoms with E-state index in [-0.39, 0.29) is 11.0 Å². The van der Waals surface area contributed by atoms with Gasteiger partial charge in [0.25, 0.3) is 0 Å². The molecule has 3 heterocycles. The van der Waals surface area contributed by atoms with Gasteiger partial charge in [-0.2, -0.15) is 0 Å². The predicted octanol–water partition coefficient (Wildman–Crippen LogP) is 3.02. The lowest BCUT2D eigenvalue weighted by molar-refractivity contribution is 0.0699. The number of aromatic amines is 1. The molecule has 22 heavy (non-hydrogen) atoms. The molecule has 0 atom stereocenters. The number of hydrogen-bond donors (Lipinski definition) is 2. The van der Waals surface area contributed by atoms with E-state index in [2.05, 4.69) is 40.7 Å². The van der Waals surface area contributed by atoms with Gasteiger partial charge in [0.05, 0.1) is 11.9 Å². The highest BCUT2D eigenvalue weighted by Crippen LogP contribution is 2.26. The quantitative estimate of drug-likeness (QED) is 0.758. The lowest BCUT2D eigenvalue weighted by Crippen LogP contribution is -2.11. The van der Waals surface area contributed by atoms with Crippen LogP contribution in [-0.2, 0) is 5.41 Å². The first-order valence-electron chi connectivity index (χ1n) is 6.90. The molecule has 6 nitrogen and oxygen atoms in total. The molecule has 0 bridgehead atoms. The third kappa shape index (κ3) is 2.43. The molecule has 0 unspecified atom stereocenters. The van der Waals surface area contributed by atoms with Crippen molar-refractivity contribution >= 4 is 17.1 Å². The van der Waals surface area contributed by atoms with Crippen molar-refractivity contribution in [3.8, 4) is 11.4 Å². The van der Waals surface area contributed by atoms with Crippen LogP contribution >= 0.6 is 0 Å². The fourth-order valence-electron chi connectivity index (χ4n) is 2.21. The topological polar surface area (TPSA) is 91.8 Å². The number of fused-ring (bicyclic) bond motifs is 1. The fraction of sp³-hybridized carbons (Fsp3) is 0.250. The Kier molecular flexibility index (Phi) is 3.16. The van der Waals surface area contributed by atoms with Gasteiger partial charge in [0, 0.05) is 12.4 Å². The second-order valence-corrected chi connectivity index (χ2v) is 6.14. The van der Waals surface area contributed by atoms with E-state index < -0.39 is 5.97 Å². The maximum Gasteiger partial charge on any atom is 0.339 e. The van der Waals surface area contributed by atoms with Gasteiger partial charge in [0.1, 0.15) is 16.8 Å². The Labute approximate surface area is 127 Å². The molecule has 3 aromatic heterocycles. The van der Waals surface area contributed by atoms with Gasteiger partial charge >= 0.3 is 5.97 Å². The number of carboxylic acid groups (broad SMARTS) is 1. The number of nitrogens with zero attached hydrogens (tertiary/aromatic N) is 3. The fourth-order valence-corrected chi connectivity index (χ4v) is 2.21. The highest BCUT2D eigenvalue weighted by atomic mass is 16.4. The van der Waals surface area contributed by atoms with Gasteiger partial charge in [-0.05, 0) is 23.1 Å². The Bertz CT molecular complexity index is 862. The third-order valence-corrected chi connectivity index (χ3v) is 3.50. The van der Waals surface area contributed by atoms with Crippen molar-refractivity contribution in [2.45, 2.75) is 26.2 Å². The number of aromatic carboxylic acids is 1. The molecular formula is C16H16N4O2. The number of hydrogen-bond acceptors (Lipinski definition) is 4. The summed E-state index contributed by atoms with van der Waals surface area (Å²) in [6, 6.07) is 3.93. The molecule has 2 N–H and O–H groups in total. The van der Waals surface area contributed by atoms with Gasteiger partial charge in [-0.15, -0.1) is 0 Å². The Balaban J connectivity index is 2.14. The van der Waals surface area contributed by atoms with Crippen molar-refractivity contribution in [1.82, 2.24) is 19.9 Å². The lowest BCUT2D eigenvalue weighted by atomic mass is 9.87. The molecule has 0 amide bonds. The monoisotopic (exact) mass is 296 g/mol. The summed E-state index contributed by atoms with van der Waals surface area (Å²) in [6.07, 6.45) is 4.73. The van der Waals surface area contributed by atoms with Crippen LogP contribution in [0.4, 0.5) is 0 Å². The van der Waals surface area contributed by atoms with Gasteiger partial charge < -0.3 is 10.1 Å². The summed E-state index contributed by atoms with van der Waals surface area (Å²) in [5, 5.41) is 9.18. The van der Waals surface area contributed by atoms with E-state index in [0.717, 1.165) is 5.56 Å². The number of carbonyl (C=O) groups is 1. The molecule has 0 aliphatic heterocycles. The van der Waals surface area contributed by atoms with Gasteiger partial charge in [0.2, 0.25) is 0 Å². The molecule has 3 aromatic rings. The minimum atomic E-state index is -1.03. The van der Waals surface area contributed by atoms with E-state index in [0.29, 0.717) is 22.6 Å². The average Bonchev–Trinajstić information content (AvgIpc) is 2.89. The van der Waals surface area contributed by atoms with Crippen LogP contribution < -0.4 is 0 Å². The Morgan fingerprint density at radius 2 is 2.00 bits per heavy atom. The van der Waals surface area contributed by atoms with Crippen molar-refractivity contribution in [3.63, 3.8) is 0 Å². The Morgan fingerprint density at radius 1 is 1.23 bits per heavy atom.